The number of nitrogens with zero attached hydrogens (tertiary/aromatic N) is 1. The van der Waals surface area contributed by atoms with Gasteiger partial charge in [0.15, 0.2) is 0 Å². The quantitative estimate of drug-likeness (QED) is 0.716. The highest BCUT2D eigenvalue weighted by Gasteiger charge is 2.13. The van der Waals surface area contributed by atoms with Gasteiger partial charge in [-0.3, -0.25) is 0 Å². The van der Waals surface area contributed by atoms with Gasteiger partial charge in [-0.25, -0.2) is 0 Å². The first kappa shape index (κ1) is 11.8. The number of benzene rings is 1. The zero-order valence-corrected chi connectivity index (χ0v) is 10.2. The second-order valence-electron chi connectivity index (χ2n) is 4.39. The molecule has 1 rings (SSSR count). The molecule has 0 aliphatic carbocycles. The minimum Gasteiger partial charge on any atom is -0.367 e. The Kier molecular flexibility index (Phi) is 3.96. The van der Waals surface area contributed by atoms with Gasteiger partial charge in [0.1, 0.15) is 0 Å². The number of rotatable bonds is 4. The van der Waals surface area contributed by atoms with Crippen LogP contribution in [-0.2, 0) is 0 Å². The van der Waals surface area contributed by atoms with Crippen LogP contribution in [0.4, 0.5) is 5.69 Å². The summed E-state index contributed by atoms with van der Waals surface area (Å²) in [6.07, 6.45) is 1.87. The van der Waals surface area contributed by atoms with Gasteiger partial charge in [0.05, 0.1) is 0 Å². The SMILES string of the molecule is C=Cc1ccc(N(C(C)C)C(C)C)cc1. The smallest absolute Gasteiger partial charge is 0.0371 e. The third-order valence-electron chi connectivity index (χ3n) is 2.54. The van der Waals surface area contributed by atoms with Gasteiger partial charge in [0.2, 0.25) is 0 Å². The van der Waals surface area contributed by atoms with Crippen molar-refractivity contribution in [1.82, 2.24) is 0 Å². The van der Waals surface area contributed by atoms with E-state index in [1.54, 1.807) is 0 Å². The fourth-order valence-electron chi connectivity index (χ4n) is 1.98. The Labute approximate surface area is 93.4 Å². The Morgan fingerprint density at radius 2 is 1.47 bits per heavy atom. The standard InChI is InChI=1S/C14H21N/c1-6-13-7-9-14(10-8-13)15(11(2)3)12(4)5/h6-12H,1H2,2-5H3. The van der Waals surface area contributed by atoms with Gasteiger partial charge in [0, 0.05) is 17.8 Å². The maximum absolute atomic E-state index is 3.76. The van der Waals surface area contributed by atoms with Crippen LogP contribution < -0.4 is 4.90 Å². The summed E-state index contributed by atoms with van der Waals surface area (Å²) < 4.78 is 0. The van der Waals surface area contributed by atoms with Crippen LogP contribution in [-0.4, -0.2) is 12.1 Å². The largest absolute Gasteiger partial charge is 0.367 e. The summed E-state index contributed by atoms with van der Waals surface area (Å²) >= 11 is 0. The van der Waals surface area contributed by atoms with Crippen LogP contribution in [0.5, 0.6) is 0 Å². The maximum Gasteiger partial charge on any atom is 0.0371 e. The molecular weight excluding hydrogens is 182 g/mol. The van der Waals surface area contributed by atoms with Crippen molar-refractivity contribution in [2.24, 2.45) is 0 Å². The predicted molar refractivity (Wildman–Crippen MR) is 69.3 cm³/mol. The van der Waals surface area contributed by atoms with Gasteiger partial charge in [-0.1, -0.05) is 24.8 Å². The summed E-state index contributed by atoms with van der Waals surface area (Å²) in [5.74, 6) is 0. The summed E-state index contributed by atoms with van der Waals surface area (Å²) in [5, 5.41) is 0. The van der Waals surface area contributed by atoms with E-state index in [1.807, 2.05) is 6.08 Å². The minimum atomic E-state index is 0.527. The molecule has 1 aromatic rings. The molecule has 15 heavy (non-hydrogen) atoms. The Morgan fingerprint density at radius 3 is 1.80 bits per heavy atom. The van der Waals surface area contributed by atoms with E-state index in [1.165, 1.54) is 11.3 Å². The molecule has 0 amide bonds. The van der Waals surface area contributed by atoms with Crippen molar-refractivity contribution in [3.63, 3.8) is 0 Å². The van der Waals surface area contributed by atoms with Gasteiger partial charge in [-0.05, 0) is 45.4 Å². The van der Waals surface area contributed by atoms with Crippen LogP contribution in [0.3, 0.4) is 0 Å². The highest BCUT2D eigenvalue weighted by molar-refractivity contribution is 5.55. The Morgan fingerprint density at radius 1 is 1.00 bits per heavy atom. The lowest BCUT2D eigenvalue weighted by Crippen LogP contribution is -2.36. The molecule has 0 atom stereocenters. The summed E-state index contributed by atoms with van der Waals surface area (Å²) in [6, 6.07) is 9.60. The summed E-state index contributed by atoms with van der Waals surface area (Å²) in [6.45, 7) is 12.7. The Balaban J connectivity index is 2.96. The van der Waals surface area contributed by atoms with Crippen molar-refractivity contribution in [2.45, 2.75) is 39.8 Å². The van der Waals surface area contributed by atoms with Gasteiger partial charge >= 0.3 is 0 Å². The lowest BCUT2D eigenvalue weighted by Gasteiger charge is -2.33. The van der Waals surface area contributed by atoms with Gasteiger partial charge in [-0.15, -0.1) is 0 Å². The van der Waals surface area contributed by atoms with Crippen molar-refractivity contribution in [1.29, 1.82) is 0 Å². The van der Waals surface area contributed by atoms with Crippen molar-refractivity contribution >= 4 is 11.8 Å². The normalized spacial score (nSPS) is 10.8. The van der Waals surface area contributed by atoms with E-state index in [-0.39, 0.29) is 0 Å². The molecule has 0 unspecified atom stereocenters. The zero-order valence-electron chi connectivity index (χ0n) is 10.2. The second kappa shape index (κ2) is 5.01. The molecule has 1 aromatic carbocycles. The monoisotopic (exact) mass is 203 g/mol. The van der Waals surface area contributed by atoms with Crippen LogP contribution in [0, 0.1) is 0 Å². The molecule has 0 bridgehead atoms. The number of hydrogen-bond donors (Lipinski definition) is 0. The number of anilines is 1. The van der Waals surface area contributed by atoms with E-state index in [0.717, 1.165) is 0 Å². The molecule has 0 radical (unpaired) electrons. The van der Waals surface area contributed by atoms with Crippen molar-refractivity contribution in [3.05, 3.63) is 36.4 Å². The van der Waals surface area contributed by atoms with E-state index in [4.69, 9.17) is 0 Å². The molecule has 0 aliphatic rings. The summed E-state index contributed by atoms with van der Waals surface area (Å²) in [5.41, 5.74) is 2.46. The van der Waals surface area contributed by atoms with Crippen molar-refractivity contribution in [3.8, 4) is 0 Å². The van der Waals surface area contributed by atoms with Crippen LogP contribution in [0.25, 0.3) is 6.08 Å². The third-order valence-corrected chi connectivity index (χ3v) is 2.54. The van der Waals surface area contributed by atoms with E-state index < -0.39 is 0 Å². The Bertz CT molecular complexity index is 301. The predicted octanol–water partition coefficient (Wildman–Crippen LogP) is 3.95. The first-order chi connectivity index (χ1) is 7.06. The molecule has 0 spiro atoms. The lowest BCUT2D eigenvalue weighted by atomic mass is 10.1. The van der Waals surface area contributed by atoms with Crippen LogP contribution >= 0.6 is 0 Å². The molecule has 0 saturated carbocycles. The highest BCUT2D eigenvalue weighted by atomic mass is 15.2. The lowest BCUT2D eigenvalue weighted by molar-refractivity contribution is 0.608. The Hall–Kier alpha value is -1.24. The molecule has 0 heterocycles. The molecule has 0 saturated heterocycles. The van der Waals surface area contributed by atoms with E-state index in [0.29, 0.717) is 12.1 Å². The first-order valence-electron chi connectivity index (χ1n) is 5.57. The van der Waals surface area contributed by atoms with Crippen LogP contribution in [0.1, 0.15) is 33.3 Å². The molecule has 0 fully saturated rings. The topological polar surface area (TPSA) is 3.24 Å². The third kappa shape index (κ3) is 2.85. The average Bonchev–Trinajstić information content (AvgIpc) is 2.18. The van der Waals surface area contributed by atoms with Gasteiger partial charge in [-0.2, -0.15) is 0 Å². The highest BCUT2D eigenvalue weighted by Crippen LogP contribution is 2.20. The second-order valence-corrected chi connectivity index (χ2v) is 4.39. The fraction of sp³-hybridized carbons (Fsp3) is 0.429. The summed E-state index contributed by atoms with van der Waals surface area (Å²) in [4.78, 5) is 2.41. The van der Waals surface area contributed by atoms with Crippen LogP contribution in [0.15, 0.2) is 30.8 Å². The molecule has 0 N–H and O–H groups in total. The van der Waals surface area contributed by atoms with E-state index in [2.05, 4.69) is 63.4 Å². The average molecular weight is 203 g/mol. The van der Waals surface area contributed by atoms with Crippen molar-refractivity contribution in [2.75, 3.05) is 4.90 Å². The molecule has 0 aromatic heterocycles. The van der Waals surface area contributed by atoms with Gasteiger partial charge < -0.3 is 4.90 Å². The summed E-state index contributed by atoms with van der Waals surface area (Å²) in [7, 11) is 0. The minimum absolute atomic E-state index is 0.527. The zero-order chi connectivity index (χ0) is 11.4. The molecular formula is C14H21N. The van der Waals surface area contributed by atoms with Crippen molar-refractivity contribution < 1.29 is 0 Å². The fourth-order valence-corrected chi connectivity index (χ4v) is 1.98. The number of hydrogen-bond acceptors (Lipinski definition) is 1. The maximum atomic E-state index is 3.76. The van der Waals surface area contributed by atoms with Gasteiger partial charge in [0.25, 0.3) is 0 Å². The molecule has 1 heteroatoms. The molecule has 1 nitrogen and oxygen atoms in total. The first-order valence-corrected chi connectivity index (χ1v) is 5.57. The van der Waals surface area contributed by atoms with E-state index in [9.17, 15) is 0 Å². The van der Waals surface area contributed by atoms with Crippen LogP contribution in [0.2, 0.25) is 0 Å². The van der Waals surface area contributed by atoms with E-state index >= 15 is 0 Å². The molecule has 82 valence electrons. The molecule has 0 aliphatic heterocycles.